The van der Waals surface area contributed by atoms with Gasteiger partial charge in [-0.25, -0.2) is 4.79 Å². The summed E-state index contributed by atoms with van der Waals surface area (Å²) in [7, 11) is 3.39. The number of amides is 3. The molecule has 3 N–H and O–H groups in total. The van der Waals surface area contributed by atoms with Crippen molar-refractivity contribution in [3.05, 3.63) is 53.1 Å². The van der Waals surface area contributed by atoms with Crippen molar-refractivity contribution in [1.82, 2.24) is 10.2 Å². The molecule has 178 valence electrons. The van der Waals surface area contributed by atoms with Crippen LogP contribution in [0.25, 0.3) is 0 Å². The Labute approximate surface area is 199 Å². The van der Waals surface area contributed by atoms with Crippen molar-refractivity contribution < 1.29 is 19.1 Å². The Kier molecular flexibility index (Phi) is 8.55. The average molecular weight is 475 g/mol. The summed E-state index contributed by atoms with van der Waals surface area (Å²) in [6, 6.07) is 11.6. The van der Waals surface area contributed by atoms with Crippen LogP contribution in [0.4, 0.5) is 16.2 Å². The number of rotatable bonds is 3. The van der Waals surface area contributed by atoms with Crippen LogP contribution in [0.3, 0.4) is 0 Å². The molecule has 2 aromatic rings. The van der Waals surface area contributed by atoms with Crippen molar-refractivity contribution in [2.24, 2.45) is 5.92 Å². The second-order valence-electron chi connectivity index (χ2n) is 8.33. The zero-order valence-electron chi connectivity index (χ0n) is 19.4. The van der Waals surface area contributed by atoms with Crippen molar-refractivity contribution in [3.63, 3.8) is 0 Å². The molecule has 1 aliphatic rings. The second kappa shape index (κ2) is 11.4. The number of anilines is 2. The van der Waals surface area contributed by atoms with E-state index in [1.807, 2.05) is 6.92 Å². The molecule has 0 aromatic heterocycles. The van der Waals surface area contributed by atoms with E-state index in [2.05, 4.69) is 22.9 Å². The minimum absolute atomic E-state index is 0.0873. The third-order valence-corrected chi connectivity index (χ3v) is 5.93. The molecular weight excluding hydrogens is 444 g/mol. The minimum atomic E-state index is -0.469. The van der Waals surface area contributed by atoms with Crippen LogP contribution < -0.4 is 20.7 Å². The molecule has 1 aliphatic heterocycles. The fraction of sp³-hybridized carbons (Fsp3) is 0.417. The number of para-hydroxylation sites is 1. The molecule has 9 heteroatoms. The predicted molar refractivity (Wildman–Crippen MR) is 130 cm³/mol. The lowest BCUT2D eigenvalue weighted by Crippen LogP contribution is -2.44. The van der Waals surface area contributed by atoms with Crippen LogP contribution >= 0.6 is 11.6 Å². The summed E-state index contributed by atoms with van der Waals surface area (Å²) >= 11 is 6.11. The molecule has 3 rings (SSSR count). The van der Waals surface area contributed by atoms with Gasteiger partial charge in [0.1, 0.15) is 12.4 Å². The van der Waals surface area contributed by atoms with E-state index in [0.29, 0.717) is 40.9 Å². The number of nitrogens with one attached hydrogen (secondary N) is 3. The van der Waals surface area contributed by atoms with Crippen molar-refractivity contribution in [3.8, 4) is 5.75 Å². The highest BCUT2D eigenvalue weighted by molar-refractivity contribution is 6.33. The highest BCUT2D eigenvalue weighted by Crippen LogP contribution is 2.26. The Morgan fingerprint density at radius 2 is 1.97 bits per heavy atom. The first-order valence-corrected chi connectivity index (χ1v) is 11.3. The third kappa shape index (κ3) is 6.60. The summed E-state index contributed by atoms with van der Waals surface area (Å²) in [5.74, 6) is 0.448. The Morgan fingerprint density at radius 1 is 1.21 bits per heavy atom. The Morgan fingerprint density at radius 3 is 2.70 bits per heavy atom. The van der Waals surface area contributed by atoms with Crippen molar-refractivity contribution in [1.29, 1.82) is 0 Å². The standard InChI is InChI=1S/C24H31ClN4O4/c1-15-12-26-16(2)14-33-21-10-9-17(11-18(21)23(30)29(3)13-22(15)32-4)27-24(31)28-20-8-6-5-7-19(20)25/h5-11,15-16,22,26H,12-14H2,1-4H3,(H2,27,28,31)/t15-,16+,22+/m1/s1. The lowest BCUT2D eigenvalue weighted by molar-refractivity contribution is 0.0281. The Hall–Kier alpha value is -2.81. The second-order valence-corrected chi connectivity index (χ2v) is 8.73. The highest BCUT2D eigenvalue weighted by Gasteiger charge is 2.25. The molecule has 0 saturated carbocycles. The smallest absolute Gasteiger partial charge is 0.323 e. The first-order chi connectivity index (χ1) is 15.8. The summed E-state index contributed by atoms with van der Waals surface area (Å²) in [6.07, 6.45) is -0.120. The number of carbonyl (C=O) groups excluding carboxylic acids is 2. The maximum atomic E-state index is 13.3. The van der Waals surface area contributed by atoms with Crippen LogP contribution in [-0.2, 0) is 4.74 Å². The predicted octanol–water partition coefficient (Wildman–Crippen LogP) is 4.08. The molecule has 1 heterocycles. The van der Waals surface area contributed by atoms with Crippen LogP contribution in [-0.4, -0.2) is 62.8 Å². The first kappa shape index (κ1) is 24.8. The van der Waals surface area contributed by atoms with Gasteiger partial charge in [0.05, 0.1) is 22.4 Å². The van der Waals surface area contributed by atoms with Crippen molar-refractivity contribution in [2.45, 2.75) is 26.0 Å². The van der Waals surface area contributed by atoms with Gasteiger partial charge in [-0.1, -0.05) is 30.7 Å². The Balaban J connectivity index is 1.83. The van der Waals surface area contributed by atoms with Crippen LogP contribution in [0, 0.1) is 5.92 Å². The van der Waals surface area contributed by atoms with Crippen molar-refractivity contribution >= 4 is 34.9 Å². The van der Waals surface area contributed by atoms with E-state index in [1.54, 1.807) is 61.5 Å². The molecule has 0 aliphatic carbocycles. The van der Waals surface area contributed by atoms with Crippen LogP contribution in [0.5, 0.6) is 5.75 Å². The number of urea groups is 1. The summed E-state index contributed by atoms with van der Waals surface area (Å²) in [5.41, 5.74) is 1.31. The van der Waals surface area contributed by atoms with Crippen LogP contribution in [0.1, 0.15) is 24.2 Å². The number of benzene rings is 2. The molecule has 0 unspecified atom stereocenters. The molecule has 33 heavy (non-hydrogen) atoms. The normalized spacial score (nSPS) is 21.8. The number of methoxy groups -OCH3 is 1. The van der Waals surface area contributed by atoms with Gasteiger partial charge >= 0.3 is 6.03 Å². The van der Waals surface area contributed by atoms with Gasteiger partial charge in [0.2, 0.25) is 0 Å². The number of ether oxygens (including phenoxy) is 2. The molecule has 0 bridgehead atoms. The van der Waals surface area contributed by atoms with Gasteiger partial charge < -0.3 is 30.3 Å². The van der Waals surface area contributed by atoms with E-state index >= 15 is 0 Å². The molecule has 8 nitrogen and oxygen atoms in total. The summed E-state index contributed by atoms with van der Waals surface area (Å²) < 4.78 is 11.6. The van der Waals surface area contributed by atoms with E-state index in [-0.39, 0.29) is 24.0 Å². The van der Waals surface area contributed by atoms with Gasteiger partial charge in [0.25, 0.3) is 5.91 Å². The molecule has 3 atom stereocenters. The van der Waals surface area contributed by atoms with Gasteiger partial charge in [-0.15, -0.1) is 0 Å². The van der Waals surface area contributed by atoms with E-state index in [0.717, 1.165) is 6.54 Å². The summed E-state index contributed by atoms with van der Waals surface area (Å²) in [4.78, 5) is 27.4. The lowest BCUT2D eigenvalue weighted by Gasteiger charge is -2.30. The fourth-order valence-electron chi connectivity index (χ4n) is 3.59. The molecule has 0 spiro atoms. The molecular formula is C24H31ClN4O4. The number of likely N-dealkylation sites (N-methyl/N-ethyl adjacent to an activating group) is 1. The maximum Gasteiger partial charge on any atom is 0.323 e. The fourth-order valence-corrected chi connectivity index (χ4v) is 3.77. The zero-order valence-corrected chi connectivity index (χ0v) is 20.1. The molecule has 0 saturated heterocycles. The highest BCUT2D eigenvalue weighted by atomic mass is 35.5. The topological polar surface area (TPSA) is 91.9 Å². The molecule has 0 fully saturated rings. The number of halogens is 1. The summed E-state index contributed by atoms with van der Waals surface area (Å²) in [6.45, 7) is 5.70. The SMILES string of the molecule is CO[C@H]1CN(C)C(=O)c2cc(NC(=O)Nc3ccccc3Cl)ccc2OC[C@H](C)NC[C@H]1C. The quantitative estimate of drug-likeness (QED) is 0.623. The molecule has 3 amide bonds. The van der Waals surface area contributed by atoms with Gasteiger partial charge in [-0.2, -0.15) is 0 Å². The van der Waals surface area contributed by atoms with Gasteiger partial charge in [0.15, 0.2) is 0 Å². The van der Waals surface area contributed by atoms with Crippen LogP contribution in [0.15, 0.2) is 42.5 Å². The monoisotopic (exact) mass is 474 g/mol. The van der Waals surface area contributed by atoms with Gasteiger partial charge in [-0.05, 0) is 43.2 Å². The van der Waals surface area contributed by atoms with Gasteiger partial charge in [-0.3, -0.25) is 4.79 Å². The summed E-state index contributed by atoms with van der Waals surface area (Å²) in [5, 5.41) is 9.34. The Bertz CT molecular complexity index is 987. The van der Waals surface area contributed by atoms with Crippen LogP contribution in [0.2, 0.25) is 5.02 Å². The van der Waals surface area contributed by atoms with E-state index in [9.17, 15) is 9.59 Å². The molecule has 2 aromatic carbocycles. The average Bonchev–Trinajstić information content (AvgIpc) is 2.80. The number of hydrogen-bond donors (Lipinski definition) is 3. The van der Waals surface area contributed by atoms with E-state index in [4.69, 9.17) is 21.1 Å². The van der Waals surface area contributed by atoms with E-state index < -0.39 is 6.03 Å². The first-order valence-electron chi connectivity index (χ1n) is 10.9. The third-order valence-electron chi connectivity index (χ3n) is 5.60. The number of carbonyl (C=O) groups is 2. The largest absolute Gasteiger partial charge is 0.491 e. The number of fused-ring (bicyclic) bond motifs is 1. The van der Waals surface area contributed by atoms with E-state index in [1.165, 1.54) is 0 Å². The van der Waals surface area contributed by atoms with Crippen molar-refractivity contribution in [2.75, 3.05) is 44.5 Å². The number of hydrogen-bond acceptors (Lipinski definition) is 5. The minimum Gasteiger partial charge on any atom is -0.491 e. The molecule has 0 radical (unpaired) electrons. The zero-order chi connectivity index (χ0) is 24.0. The number of nitrogens with zero attached hydrogens (tertiary/aromatic N) is 1. The maximum absolute atomic E-state index is 13.3. The lowest BCUT2D eigenvalue weighted by atomic mass is 10.0. The van der Waals surface area contributed by atoms with Gasteiger partial charge in [0, 0.05) is 39.0 Å².